The second kappa shape index (κ2) is 7.74. The van der Waals surface area contributed by atoms with Gasteiger partial charge in [0.15, 0.2) is 0 Å². The van der Waals surface area contributed by atoms with E-state index in [9.17, 15) is 22.0 Å². The van der Waals surface area contributed by atoms with Gasteiger partial charge in [0.1, 0.15) is 11.6 Å². The monoisotopic (exact) mass is 394 g/mol. The van der Waals surface area contributed by atoms with Crippen molar-refractivity contribution >= 4 is 21.6 Å². The van der Waals surface area contributed by atoms with E-state index in [0.717, 1.165) is 23.8 Å². The number of amides is 1. The lowest BCUT2D eigenvalue weighted by Crippen LogP contribution is -2.43. The smallest absolute Gasteiger partial charge is 0.243 e. The molecule has 5 nitrogen and oxygen atoms in total. The van der Waals surface area contributed by atoms with Gasteiger partial charge in [0, 0.05) is 19.2 Å². The molecule has 0 spiro atoms. The number of carbonyl (C=O) groups is 1. The Bertz CT molecular complexity index is 946. The average Bonchev–Trinajstić information content (AvgIpc) is 2.65. The number of anilines is 1. The first-order chi connectivity index (χ1) is 12.8. The second-order valence-corrected chi connectivity index (χ2v) is 8.57. The third-order valence-corrected chi connectivity index (χ3v) is 6.48. The van der Waals surface area contributed by atoms with Crippen LogP contribution in [0.25, 0.3) is 0 Å². The lowest BCUT2D eigenvalue weighted by molar-refractivity contribution is -0.120. The molecule has 8 heteroatoms. The van der Waals surface area contributed by atoms with Gasteiger partial charge in [0.2, 0.25) is 15.9 Å². The fourth-order valence-electron chi connectivity index (χ4n) is 3.06. The Labute approximate surface area is 157 Å². The Morgan fingerprint density at radius 1 is 1.15 bits per heavy atom. The van der Waals surface area contributed by atoms with Crippen molar-refractivity contribution in [1.29, 1.82) is 0 Å². The molecule has 1 atom stereocenters. The number of rotatable bonds is 4. The molecule has 0 bridgehead atoms. The number of benzene rings is 2. The summed E-state index contributed by atoms with van der Waals surface area (Å²) in [5, 5.41) is 2.36. The summed E-state index contributed by atoms with van der Waals surface area (Å²) in [6, 6.07) is 9.30. The summed E-state index contributed by atoms with van der Waals surface area (Å²) in [5.74, 6) is -2.58. The highest BCUT2D eigenvalue weighted by Gasteiger charge is 2.33. The van der Waals surface area contributed by atoms with E-state index in [0.29, 0.717) is 19.4 Å². The van der Waals surface area contributed by atoms with E-state index < -0.39 is 33.5 Å². The number of nitrogens with one attached hydrogen (secondary N) is 1. The van der Waals surface area contributed by atoms with E-state index in [2.05, 4.69) is 5.32 Å². The summed E-state index contributed by atoms with van der Waals surface area (Å²) in [5.41, 5.74) is 0.695. The van der Waals surface area contributed by atoms with Crippen molar-refractivity contribution in [2.45, 2.75) is 24.7 Å². The molecule has 27 heavy (non-hydrogen) atoms. The molecule has 1 N–H and O–H groups in total. The molecule has 1 aliphatic heterocycles. The second-order valence-electron chi connectivity index (χ2n) is 6.63. The summed E-state index contributed by atoms with van der Waals surface area (Å²) < 4.78 is 53.9. The van der Waals surface area contributed by atoms with Gasteiger partial charge in [-0.15, -0.1) is 0 Å². The summed E-state index contributed by atoms with van der Waals surface area (Å²) in [6.07, 6.45) is 0.984. The van der Waals surface area contributed by atoms with E-state index in [1.165, 1.54) is 16.4 Å². The number of halogens is 2. The van der Waals surface area contributed by atoms with Crippen LogP contribution in [-0.2, 0) is 14.8 Å². The highest BCUT2D eigenvalue weighted by Crippen LogP contribution is 2.25. The minimum atomic E-state index is -3.71. The molecule has 2 aromatic carbocycles. The van der Waals surface area contributed by atoms with E-state index >= 15 is 0 Å². The van der Waals surface area contributed by atoms with Crippen LogP contribution in [0.2, 0.25) is 0 Å². The molecule has 0 aliphatic carbocycles. The number of sulfonamides is 1. The molecule has 144 valence electrons. The Hall–Kier alpha value is -2.32. The molecule has 1 amide bonds. The fourth-order valence-corrected chi connectivity index (χ4v) is 4.59. The maximum Gasteiger partial charge on any atom is 0.243 e. The Morgan fingerprint density at radius 2 is 1.85 bits per heavy atom. The van der Waals surface area contributed by atoms with Crippen molar-refractivity contribution in [2.24, 2.45) is 5.92 Å². The van der Waals surface area contributed by atoms with Gasteiger partial charge in [-0.1, -0.05) is 17.7 Å². The molecular weight excluding hydrogens is 374 g/mol. The summed E-state index contributed by atoms with van der Waals surface area (Å²) in [6.45, 7) is 2.18. The minimum Gasteiger partial charge on any atom is -0.323 e. The van der Waals surface area contributed by atoms with Crippen molar-refractivity contribution in [3.63, 3.8) is 0 Å². The molecule has 1 saturated heterocycles. The zero-order valence-corrected chi connectivity index (χ0v) is 15.6. The molecule has 1 heterocycles. The van der Waals surface area contributed by atoms with Crippen LogP contribution < -0.4 is 5.32 Å². The predicted molar refractivity (Wildman–Crippen MR) is 97.6 cm³/mol. The van der Waals surface area contributed by atoms with Gasteiger partial charge in [-0.25, -0.2) is 17.2 Å². The van der Waals surface area contributed by atoms with Crippen LogP contribution in [0.3, 0.4) is 0 Å². The summed E-state index contributed by atoms with van der Waals surface area (Å²) in [7, 11) is -3.71. The van der Waals surface area contributed by atoms with Crippen molar-refractivity contribution in [3.05, 3.63) is 59.7 Å². The van der Waals surface area contributed by atoms with Crippen LogP contribution in [0.15, 0.2) is 47.4 Å². The highest BCUT2D eigenvalue weighted by atomic mass is 32.2. The van der Waals surface area contributed by atoms with Crippen molar-refractivity contribution < 1.29 is 22.0 Å². The van der Waals surface area contributed by atoms with Crippen LogP contribution in [-0.4, -0.2) is 31.7 Å². The van der Waals surface area contributed by atoms with Gasteiger partial charge < -0.3 is 5.32 Å². The number of hydrogen-bond donors (Lipinski definition) is 1. The van der Waals surface area contributed by atoms with E-state index in [4.69, 9.17) is 0 Å². The first-order valence-electron chi connectivity index (χ1n) is 8.60. The van der Waals surface area contributed by atoms with Crippen LogP contribution in [0.5, 0.6) is 0 Å². The molecule has 0 aromatic heterocycles. The average molecular weight is 394 g/mol. The van der Waals surface area contributed by atoms with Crippen molar-refractivity contribution in [3.8, 4) is 0 Å². The number of carbonyl (C=O) groups excluding carboxylic acids is 1. The molecule has 0 saturated carbocycles. The maximum atomic E-state index is 13.7. The largest absolute Gasteiger partial charge is 0.323 e. The zero-order valence-electron chi connectivity index (χ0n) is 14.8. The van der Waals surface area contributed by atoms with Gasteiger partial charge in [-0.05, 0) is 44.0 Å². The number of hydrogen-bond acceptors (Lipinski definition) is 3. The Balaban J connectivity index is 1.74. The van der Waals surface area contributed by atoms with E-state index in [-0.39, 0.29) is 17.1 Å². The Morgan fingerprint density at radius 3 is 2.56 bits per heavy atom. The van der Waals surface area contributed by atoms with Gasteiger partial charge in [0.25, 0.3) is 0 Å². The lowest BCUT2D eigenvalue weighted by atomic mass is 9.98. The molecule has 2 aromatic rings. The number of nitrogens with zero attached hydrogens (tertiary/aromatic N) is 1. The topological polar surface area (TPSA) is 66.5 Å². The molecular formula is C19H20F2N2O3S. The van der Waals surface area contributed by atoms with E-state index in [1.807, 2.05) is 6.92 Å². The standard InChI is InChI=1S/C19H20F2N2O3S/c1-13-4-7-16(8-5-13)27(25,26)23-10-2-3-14(12-23)19(24)22-18-11-15(20)6-9-17(18)21/h4-9,11,14H,2-3,10,12H2,1H3,(H,22,24)/t14-/m1/s1. The van der Waals surface area contributed by atoms with Gasteiger partial charge in [-0.3, -0.25) is 4.79 Å². The van der Waals surface area contributed by atoms with E-state index in [1.54, 1.807) is 12.1 Å². The molecule has 1 fully saturated rings. The molecule has 1 aliphatic rings. The van der Waals surface area contributed by atoms with Crippen molar-refractivity contribution in [1.82, 2.24) is 4.31 Å². The summed E-state index contributed by atoms with van der Waals surface area (Å²) >= 11 is 0. The number of piperidine rings is 1. The first-order valence-corrected chi connectivity index (χ1v) is 10.0. The lowest BCUT2D eigenvalue weighted by Gasteiger charge is -2.31. The SMILES string of the molecule is Cc1ccc(S(=O)(=O)N2CCC[C@@H](C(=O)Nc3cc(F)ccc3F)C2)cc1. The van der Waals surface area contributed by atoms with Crippen LogP contribution in [0.4, 0.5) is 14.5 Å². The normalized spacial score (nSPS) is 18.3. The molecule has 3 rings (SSSR count). The van der Waals surface area contributed by atoms with Crippen LogP contribution in [0, 0.1) is 24.5 Å². The highest BCUT2D eigenvalue weighted by molar-refractivity contribution is 7.89. The maximum absolute atomic E-state index is 13.7. The molecule has 0 radical (unpaired) electrons. The van der Waals surface area contributed by atoms with Gasteiger partial charge in [-0.2, -0.15) is 4.31 Å². The first kappa shape index (κ1) is 19.4. The fraction of sp³-hybridized carbons (Fsp3) is 0.316. The summed E-state index contributed by atoms with van der Waals surface area (Å²) in [4.78, 5) is 12.6. The Kier molecular flexibility index (Phi) is 5.57. The quantitative estimate of drug-likeness (QED) is 0.865. The van der Waals surface area contributed by atoms with Crippen LogP contribution in [0.1, 0.15) is 18.4 Å². The third kappa shape index (κ3) is 4.33. The number of aryl methyl sites for hydroxylation is 1. The van der Waals surface area contributed by atoms with Gasteiger partial charge >= 0.3 is 0 Å². The molecule has 0 unspecified atom stereocenters. The van der Waals surface area contributed by atoms with Crippen molar-refractivity contribution in [2.75, 3.05) is 18.4 Å². The van der Waals surface area contributed by atoms with Gasteiger partial charge in [0.05, 0.1) is 16.5 Å². The zero-order chi connectivity index (χ0) is 19.6. The van der Waals surface area contributed by atoms with Crippen LogP contribution >= 0.6 is 0 Å². The minimum absolute atomic E-state index is 0.00101. The predicted octanol–water partition coefficient (Wildman–Crippen LogP) is 3.31. The third-order valence-electron chi connectivity index (χ3n) is 4.60.